The van der Waals surface area contributed by atoms with Crippen molar-refractivity contribution in [2.75, 3.05) is 0 Å². The van der Waals surface area contributed by atoms with E-state index in [-0.39, 0.29) is 12.1 Å². The summed E-state index contributed by atoms with van der Waals surface area (Å²) in [6.45, 7) is 0. The van der Waals surface area contributed by atoms with Crippen LogP contribution in [0.15, 0.2) is 18.2 Å². The van der Waals surface area contributed by atoms with Gasteiger partial charge >= 0.3 is 17.8 Å². The Bertz CT molecular complexity index is 457. The number of rotatable bonds is 2. The standard InChI is InChI=1S/C8H4F5NO3/c9-7(10,8(11,12)13)4-1-2-6(15)5(3-4)14(16)17/h1-3,15H. The molecule has 1 aromatic carbocycles. The van der Waals surface area contributed by atoms with E-state index in [0.717, 1.165) is 0 Å². The number of halogens is 5. The third-order valence-corrected chi connectivity index (χ3v) is 1.89. The van der Waals surface area contributed by atoms with Gasteiger partial charge in [-0.15, -0.1) is 0 Å². The molecule has 0 aliphatic rings. The fourth-order valence-electron chi connectivity index (χ4n) is 1.03. The molecule has 0 aromatic heterocycles. The van der Waals surface area contributed by atoms with Crippen molar-refractivity contribution in [3.8, 4) is 5.75 Å². The predicted octanol–water partition coefficient (Wildman–Crippen LogP) is 2.95. The van der Waals surface area contributed by atoms with Crippen LogP contribution in [0.3, 0.4) is 0 Å². The zero-order chi connectivity index (χ0) is 13.4. The molecule has 1 N–H and O–H groups in total. The Balaban J connectivity index is 3.35. The number of benzene rings is 1. The van der Waals surface area contributed by atoms with Crippen LogP contribution in [0.4, 0.5) is 27.6 Å². The SMILES string of the molecule is O=[N+]([O-])c1cc(C(F)(F)C(F)(F)F)ccc1O. The summed E-state index contributed by atoms with van der Waals surface area (Å²) in [4.78, 5) is 9.01. The molecular formula is C8H4F5NO3. The van der Waals surface area contributed by atoms with Crippen LogP contribution in [0.1, 0.15) is 5.56 Å². The molecule has 0 unspecified atom stereocenters. The summed E-state index contributed by atoms with van der Waals surface area (Å²) >= 11 is 0. The molecular weight excluding hydrogens is 253 g/mol. The highest BCUT2D eigenvalue weighted by atomic mass is 19.4. The molecule has 0 amide bonds. The van der Waals surface area contributed by atoms with E-state index in [2.05, 4.69) is 0 Å². The zero-order valence-corrected chi connectivity index (χ0v) is 7.83. The second-order valence-electron chi connectivity index (χ2n) is 3.03. The van der Waals surface area contributed by atoms with Gasteiger partial charge in [-0.25, -0.2) is 0 Å². The molecule has 1 rings (SSSR count). The quantitative estimate of drug-likeness (QED) is 0.503. The van der Waals surface area contributed by atoms with E-state index in [1.807, 2.05) is 0 Å². The molecule has 9 heteroatoms. The Hall–Kier alpha value is -1.93. The minimum Gasteiger partial charge on any atom is -0.502 e. The van der Waals surface area contributed by atoms with Gasteiger partial charge in [0.1, 0.15) is 0 Å². The van der Waals surface area contributed by atoms with Crippen molar-refractivity contribution in [2.24, 2.45) is 0 Å². The van der Waals surface area contributed by atoms with Gasteiger partial charge < -0.3 is 5.11 Å². The van der Waals surface area contributed by atoms with Gasteiger partial charge in [-0.1, -0.05) is 0 Å². The molecule has 0 saturated heterocycles. The third kappa shape index (κ3) is 2.27. The predicted molar refractivity (Wildman–Crippen MR) is 44.7 cm³/mol. The Morgan fingerprint density at radius 1 is 1.18 bits per heavy atom. The van der Waals surface area contributed by atoms with Crippen LogP contribution in [0.2, 0.25) is 0 Å². The summed E-state index contributed by atoms with van der Waals surface area (Å²) in [5.41, 5.74) is -2.82. The number of nitrogens with zero attached hydrogens (tertiary/aromatic N) is 1. The van der Waals surface area contributed by atoms with E-state index in [4.69, 9.17) is 5.11 Å². The summed E-state index contributed by atoms with van der Waals surface area (Å²) in [5, 5.41) is 19.2. The third-order valence-electron chi connectivity index (χ3n) is 1.89. The van der Waals surface area contributed by atoms with Crippen LogP contribution in [0.25, 0.3) is 0 Å². The van der Waals surface area contributed by atoms with Gasteiger partial charge in [0.05, 0.1) is 4.92 Å². The highest BCUT2D eigenvalue weighted by molar-refractivity contribution is 5.48. The van der Waals surface area contributed by atoms with Gasteiger partial charge in [-0.05, 0) is 12.1 Å². The zero-order valence-electron chi connectivity index (χ0n) is 7.83. The number of alkyl halides is 5. The van der Waals surface area contributed by atoms with Gasteiger partial charge in [0.15, 0.2) is 5.75 Å². The molecule has 4 nitrogen and oxygen atoms in total. The molecule has 0 aliphatic heterocycles. The topological polar surface area (TPSA) is 63.4 Å². The maximum absolute atomic E-state index is 12.8. The smallest absolute Gasteiger partial charge is 0.458 e. The number of phenolic OH excluding ortho intramolecular Hbond substituents is 1. The van der Waals surface area contributed by atoms with E-state index in [0.29, 0.717) is 6.07 Å². The highest BCUT2D eigenvalue weighted by Gasteiger charge is 2.59. The summed E-state index contributed by atoms with van der Waals surface area (Å²) in [5.74, 6) is -6.21. The first-order chi connectivity index (χ1) is 7.57. The number of aromatic hydroxyl groups is 1. The van der Waals surface area contributed by atoms with E-state index in [1.165, 1.54) is 0 Å². The number of hydrogen-bond donors (Lipinski definition) is 1. The Kier molecular flexibility index (Phi) is 2.96. The van der Waals surface area contributed by atoms with Crippen molar-refractivity contribution in [2.45, 2.75) is 12.1 Å². The molecule has 0 saturated carbocycles. The Labute approximate surface area is 90.4 Å². The van der Waals surface area contributed by atoms with Gasteiger partial charge in [0, 0.05) is 11.6 Å². The molecule has 0 bridgehead atoms. The van der Waals surface area contributed by atoms with Crippen LogP contribution in [-0.2, 0) is 5.92 Å². The minimum absolute atomic E-state index is 0.0111. The first-order valence-corrected chi connectivity index (χ1v) is 4.00. The number of phenols is 1. The summed E-state index contributed by atoms with van der Waals surface area (Å²) in [6.07, 6.45) is -5.86. The van der Waals surface area contributed by atoms with Crippen LogP contribution < -0.4 is 0 Å². The van der Waals surface area contributed by atoms with Gasteiger partial charge in [0.25, 0.3) is 0 Å². The minimum atomic E-state index is -5.86. The van der Waals surface area contributed by atoms with E-state index < -0.39 is 34.0 Å². The first-order valence-electron chi connectivity index (χ1n) is 4.00. The Morgan fingerprint density at radius 2 is 1.71 bits per heavy atom. The molecule has 0 fully saturated rings. The summed E-state index contributed by atoms with van der Waals surface area (Å²) in [7, 11) is 0. The van der Waals surface area contributed by atoms with Crippen LogP contribution >= 0.6 is 0 Å². The van der Waals surface area contributed by atoms with Crippen molar-refractivity contribution >= 4 is 5.69 Å². The maximum atomic E-state index is 12.8. The highest BCUT2D eigenvalue weighted by Crippen LogP contribution is 2.45. The number of nitro benzene ring substituents is 1. The second kappa shape index (κ2) is 3.82. The van der Waals surface area contributed by atoms with E-state index in [1.54, 1.807) is 0 Å². The molecule has 94 valence electrons. The van der Waals surface area contributed by atoms with E-state index >= 15 is 0 Å². The Morgan fingerprint density at radius 3 is 2.12 bits per heavy atom. The van der Waals surface area contributed by atoms with Crippen LogP contribution in [0.5, 0.6) is 5.75 Å². The monoisotopic (exact) mass is 257 g/mol. The normalized spacial score (nSPS) is 12.5. The average Bonchev–Trinajstić information content (AvgIpc) is 2.15. The average molecular weight is 257 g/mol. The van der Waals surface area contributed by atoms with Crippen molar-refractivity contribution in [3.05, 3.63) is 33.9 Å². The largest absolute Gasteiger partial charge is 0.502 e. The second-order valence-corrected chi connectivity index (χ2v) is 3.03. The molecule has 0 heterocycles. The fraction of sp³-hybridized carbons (Fsp3) is 0.250. The maximum Gasteiger partial charge on any atom is 0.458 e. The van der Waals surface area contributed by atoms with Crippen LogP contribution in [0, 0.1) is 10.1 Å². The molecule has 17 heavy (non-hydrogen) atoms. The lowest BCUT2D eigenvalue weighted by atomic mass is 10.1. The van der Waals surface area contributed by atoms with Crippen LogP contribution in [-0.4, -0.2) is 16.2 Å². The lowest BCUT2D eigenvalue weighted by molar-refractivity contribution is -0.386. The number of nitro groups is 1. The molecule has 0 atom stereocenters. The van der Waals surface area contributed by atoms with Crippen molar-refractivity contribution in [1.82, 2.24) is 0 Å². The first kappa shape index (κ1) is 13.1. The summed E-state index contributed by atoms with van der Waals surface area (Å²) < 4.78 is 61.5. The van der Waals surface area contributed by atoms with Crippen molar-refractivity contribution in [3.63, 3.8) is 0 Å². The lowest BCUT2D eigenvalue weighted by Gasteiger charge is -2.19. The molecule has 0 aliphatic carbocycles. The van der Waals surface area contributed by atoms with Gasteiger partial charge in [-0.3, -0.25) is 10.1 Å². The van der Waals surface area contributed by atoms with Crippen molar-refractivity contribution < 1.29 is 32.0 Å². The van der Waals surface area contributed by atoms with E-state index in [9.17, 15) is 32.1 Å². The fourth-order valence-corrected chi connectivity index (χ4v) is 1.03. The molecule has 0 spiro atoms. The van der Waals surface area contributed by atoms with Crippen molar-refractivity contribution in [1.29, 1.82) is 0 Å². The van der Waals surface area contributed by atoms with Gasteiger partial charge in [-0.2, -0.15) is 22.0 Å². The number of hydrogen-bond acceptors (Lipinski definition) is 3. The van der Waals surface area contributed by atoms with Gasteiger partial charge in [0.2, 0.25) is 0 Å². The molecule has 1 aromatic rings. The summed E-state index contributed by atoms with van der Waals surface area (Å²) in [6, 6.07) is 0.672. The lowest BCUT2D eigenvalue weighted by Crippen LogP contribution is -2.33. The molecule has 0 radical (unpaired) electrons.